The number of carbonyl (C=O) groups is 2. The second kappa shape index (κ2) is 5.14. The number of benzene rings is 2. The second-order valence-electron chi connectivity index (χ2n) is 3.78. The lowest BCUT2D eigenvalue weighted by atomic mass is 10.1. The van der Waals surface area contributed by atoms with Crippen molar-refractivity contribution in [2.24, 2.45) is 0 Å². The van der Waals surface area contributed by atoms with Crippen LogP contribution in [0, 0.1) is 0 Å². The van der Waals surface area contributed by atoms with Gasteiger partial charge in [0.15, 0.2) is 6.29 Å². The number of nitrogen functional groups attached to an aromatic ring is 1. The molecule has 18 heavy (non-hydrogen) atoms. The van der Waals surface area contributed by atoms with Crippen LogP contribution < -0.4 is 11.1 Å². The average Bonchev–Trinajstić information content (AvgIpc) is 2.39. The van der Waals surface area contributed by atoms with Crippen molar-refractivity contribution in [1.82, 2.24) is 0 Å². The van der Waals surface area contributed by atoms with E-state index in [0.717, 1.165) is 0 Å². The number of amides is 1. The van der Waals surface area contributed by atoms with Gasteiger partial charge in [-0.05, 0) is 30.3 Å². The first-order valence-corrected chi connectivity index (χ1v) is 5.42. The minimum Gasteiger partial charge on any atom is -0.399 e. The van der Waals surface area contributed by atoms with Crippen molar-refractivity contribution in [3.05, 3.63) is 59.7 Å². The van der Waals surface area contributed by atoms with Gasteiger partial charge in [0.2, 0.25) is 0 Å². The molecule has 0 aliphatic carbocycles. The first kappa shape index (κ1) is 11.9. The maximum atomic E-state index is 12.0. The lowest BCUT2D eigenvalue weighted by Gasteiger charge is -2.07. The van der Waals surface area contributed by atoms with Crippen molar-refractivity contribution in [2.75, 3.05) is 11.1 Å². The van der Waals surface area contributed by atoms with Crippen LogP contribution in [0.25, 0.3) is 0 Å². The quantitative estimate of drug-likeness (QED) is 0.638. The standard InChI is InChI=1S/C14H12N2O2/c15-12-6-3-5-10(8-12)14(18)16-13-7-2-1-4-11(13)9-17/h1-9H,15H2,(H,16,18). The normalized spacial score (nSPS) is 9.78. The highest BCUT2D eigenvalue weighted by Gasteiger charge is 2.08. The highest BCUT2D eigenvalue weighted by atomic mass is 16.1. The lowest BCUT2D eigenvalue weighted by molar-refractivity contribution is 0.102. The van der Waals surface area contributed by atoms with E-state index in [1.165, 1.54) is 0 Å². The van der Waals surface area contributed by atoms with Crippen molar-refractivity contribution >= 4 is 23.6 Å². The number of para-hydroxylation sites is 1. The number of nitrogens with two attached hydrogens (primary N) is 1. The molecule has 3 N–H and O–H groups in total. The van der Waals surface area contributed by atoms with Gasteiger partial charge in [0.25, 0.3) is 5.91 Å². The summed E-state index contributed by atoms with van der Waals surface area (Å²) in [6, 6.07) is 13.5. The predicted octanol–water partition coefficient (Wildman–Crippen LogP) is 2.33. The summed E-state index contributed by atoms with van der Waals surface area (Å²) in [7, 11) is 0. The summed E-state index contributed by atoms with van der Waals surface area (Å²) in [5, 5.41) is 2.68. The molecule has 1 amide bonds. The molecule has 2 aromatic carbocycles. The van der Waals surface area contributed by atoms with E-state index in [2.05, 4.69) is 5.32 Å². The van der Waals surface area contributed by atoms with Gasteiger partial charge in [0, 0.05) is 16.8 Å². The smallest absolute Gasteiger partial charge is 0.255 e. The van der Waals surface area contributed by atoms with Crippen molar-refractivity contribution in [3.63, 3.8) is 0 Å². The van der Waals surface area contributed by atoms with Crippen LogP contribution in [0.1, 0.15) is 20.7 Å². The van der Waals surface area contributed by atoms with Gasteiger partial charge in [-0.2, -0.15) is 0 Å². The number of hydrogen-bond acceptors (Lipinski definition) is 3. The summed E-state index contributed by atoms with van der Waals surface area (Å²) in [4.78, 5) is 22.8. The number of aldehydes is 1. The Kier molecular flexibility index (Phi) is 3.38. The van der Waals surface area contributed by atoms with Crippen LogP contribution in [0.15, 0.2) is 48.5 Å². The maximum absolute atomic E-state index is 12.0. The maximum Gasteiger partial charge on any atom is 0.255 e. The molecule has 0 spiro atoms. The summed E-state index contributed by atoms with van der Waals surface area (Å²) >= 11 is 0. The average molecular weight is 240 g/mol. The summed E-state index contributed by atoms with van der Waals surface area (Å²) in [5.41, 5.74) is 7.51. The van der Waals surface area contributed by atoms with Crippen LogP contribution in [-0.4, -0.2) is 12.2 Å². The fraction of sp³-hybridized carbons (Fsp3) is 0. The molecule has 90 valence electrons. The number of hydrogen-bond donors (Lipinski definition) is 2. The van der Waals surface area contributed by atoms with E-state index in [1.807, 2.05) is 0 Å². The van der Waals surface area contributed by atoms with Crippen LogP contribution in [0.3, 0.4) is 0 Å². The SMILES string of the molecule is Nc1cccc(C(=O)Nc2ccccc2C=O)c1. The second-order valence-corrected chi connectivity index (χ2v) is 3.78. The van der Waals surface area contributed by atoms with E-state index >= 15 is 0 Å². The zero-order valence-electron chi connectivity index (χ0n) is 9.59. The molecule has 0 radical (unpaired) electrons. The summed E-state index contributed by atoms with van der Waals surface area (Å²) in [5.74, 6) is -0.295. The number of rotatable bonds is 3. The van der Waals surface area contributed by atoms with Crippen LogP contribution in [0.2, 0.25) is 0 Å². The highest BCUT2D eigenvalue weighted by molar-refractivity contribution is 6.06. The molecule has 0 heterocycles. The van der Waals surface area contributed by atoms with Crippen molar-refractivity contribution in [1.29, 1.82) is 0 Å². The van der Waals surface area contributed by atoms with Gasteiger partial charge in [-0.3, -0.25) is 9.59 Å². The molecule has 2 aromatic rings. The third kappa shape index (κ3) is 2.55. The fourth-order valence-electron chi connectivity index (χ4n) is 1.59. The molecule has 0 saturated heterocycles. The van der Waals surface area contributed by atoms with Gasteiger partial charge in [0.05, 0.1) is 5.69 Å². The molecule has 0 bridgehead atoms. The third-order valence-corrected chi connectivity index (χ3v) is 2.48. The van der Waals surface area contributed by atoms with E-state index in [4.69, 9.17) is 5.73 Å². The molecule has 0 aliphatic rings. The summed E-state index contributed by atoms with van der Waals surface area (Å²) in [6.07, 6.45) is 0.703. The number of anilines is 2. The van der Waals surface area contributed by atoms with E-state index in [1.54, 1.807) is 48.5 Å². The Morgan fingerprint density at radius 3 is 2.61 bits per heavy atom. The van der Waals surface area contributed by atoms with Gasteiger partial charge >= 0.3 is 0 Å². The molecule has 0 aliphatic heterocycles. The Balaban J connectivity index is 2.24. The molecular formula is C14H12N2O2. The number of carbonyl (C=O) groups excluding carboxylic acids is 2. The van der Waals surface area contributed by atoms with E-state index in [9.17, 15) is 9.59 Å². The summed E-state index contributed by atoms with van der Waals surface area (Å²) in [6.45, 7) is 0. The van der Waals surface area contributed by atoms with Gasteiger partial charge in [-0.25, -0.2) is 0 Å². The number of nitrogens with one attached hydrogen (secondary N) is 1. The minimum absolute atomic E-state index is 0.295. The van der Waals surface area contributed by atoms with Gasteiger partial charge in [0.1, 0.15) is 0 Å². The Labute approximate surface area is 104 Å². The van der Waals surface area contributed by atoms with Gasteiger partial charge in [-0.1, -0.05) is 18.2 Å². The van der Waals surface area contributed by atoms with Gasteiger partial charge in [-0.15, -0.1) is 0 Å². The van der Waals surface area contributed by atoms with Gasteiger partial charge < -0.3 is 11.1 Å². The topological polar surface area (TPSA) is 72.2 Å². The predicted molar refractivity (Wildman–Crippen MR) is 70.6 cm³/mol. The molecule has 0 aromatic heterocycles. The first-order chi connectivity index (χ1) is 8.70. The zero-order chi connectivity index (χ0) is 13.0. The van der Waals surface area contributed by atoms with Crippen molar-refractivity contribution in [2.45, 2.75) is 0 Å². The van der Waals surface area contributed by atoms with Crippen LogP contribution >= 0.6 is 0 Å². The monoisotopic (exact) mass is 240 g/mol. The molecular weight excluding hydrogens is 228 g/mol. The highest BCUT2D eigenvalue weighted by Crippen LogP contribution is 2.15. The fourth-order valence-corrected chi connectivity index (χ4v) is 1.59. The van der Waals surface area contributed by atoms with E-state index < -0.39 is 0 Å². The third-order valence-electron chi connectivity index (χ3n) is 2.48. The molecule has 4 heteroatoms. The van der Waals surface area contributed by atoms with Crippen molar-refractivity contribution in [3.8, 4) is 0 Å². The largest absolute Gasteiger partial charge is 0.399 e. The Morgan fingerprint density at radius 2 is 1.89 bits per heavy atom. The molecule has 0 fully saturated rings. The Hall–Kier alpha value is -2.62. The summed E-state index contributed by atoms with van der Waals surface area (Å²) < 4.78 is 0. The molecule has 0 unspecified atom stereocenters. The van der Waals surface area contributed by atoms with Crippen LogP contribution in [0.4, 0.5) is 11.4 Å². The molecule has 2 rings (SSSR count). The van der Waals surface area contributed by atoms with Crippen LogP contribution in [0.5, 0.6) is 0 Å². The van der Waals surface area contributed by atoms with E-state index in [-0.39, 0.29) is 5.91 Å². The Bertz CT molecular complexity index is 594. The van der Waals surface area contributed by atoms with Crippen LogP contribution in [-0.2, 0) is 0 Å². The molecule has 0 saturated carbocycles. The van der Waals surface area contributed by atoms with Crippen molar-refractivity contribution < 1.29 is 9.59 Å². The first-order valence-electron chi connectivity index (χ1n) is 5.42. The lowest BCUT2D eigenvalue weighted by Crippen LogP contribution is -2.13. The minimum atomic E-state index is -0.295. The molecule has 4 nitrogen and oxygen atoms in total. The zero-order valence-corrected chi connectivity index (χ0v) is 9.59. The molecule has 0 atom stereocenters. The van der Waals surface area contributed by atoms with E-state index in [0.29, 0.717) is 28.8 Å². The Morgan fingerprint density at radius 1 is 1.11 bits per heavy atom.